The third kappa shape index (κ3) is 3.03. The molecule has 2 aromatic heterocycles. The molecule has 2 aromatic rings. The fraction of sp³-hybridized carbons (Fsp3) is 0.417. The van der Waals surface area contributed by atoms with Crippen molar-refractivity contribution < 1.29 is 4.52 Å². The molecule has 0 aromatic carbocycles. The molecule has 0 saturated carbocycles. The maximum Gasteiger partial charge on any atom is 0.239 e. The average Bonchev–Trinajstić information content (AvgIpc) is 2.81. The summed E-state index contributed by atoms with van der Waals surface area (Å²) in [5, 5.41) is 5.38. The Morgan fingerprint density at radius 3 is 2.72 bits per heavy atom. The molecule has 2 heterocycles. The van der Waals surface area contributed by atoms with Crippen LogP contribution >= 0.6 is 23.4 Å². The lowest BCUT2D eigenvalue weighted by molar-refractivity contribution is 0.373. The van der Waals surface area contributed by atoms with Crippen molar-refractivity contribution in [3.63, 3.8) is 0 Å². The van der Waals surface area contributed by atoms with Crippen LogP contribution in [0.3, 0.4) is 0 Å². The van der Waals surface area contributed by atoms with Gasteiger partial charge in [0.25, 0.3) is 0 Å². The van der Waals surface area contributed by atoms with E-state index in [0.717, 1.165) is 10.9 Å². The second kappa shape index (κ2) is 5.71. The molecule has 4 nitrogen and oxygen atoms in total. The van der Waals surface area contributed by atoms with Crippen molar-refractivity contribution in [2.45, 2.75) is 37.0 Å². The number of nitrogens with zero attached hydrogens (tertiary/aromatic N) is 3. The third-order valence-corrected chi connectivity index (χ3v) is 3.86. The largest absolute Gasteiger partial charge is 0.338 e. The van der Waals surface area contributed by atoms with Crippen molar-refractivity contribution in [3.8, 4) is 0 Å². The standard InChI is InChI=1S/C12H14ClN3OS/c1-7(2)10-15-11(17-16-10)8(3)18-12-9(13)5-4-6-14-12/h4-8H,1-3H3. The number of pyridine rings is 1. The lowest BCUT2D eigenvalue weighted by Gasteiger charge is -2.06. The molecule has 2 rings (SSSR count). The Kier molecular flexibility index (Phi) is 4.24. The SMILES string of the molecule is CC(C)c1noc(C(C)Sc2ncccc2Cl)n1. The predicted octanol–water partition coefficient (Wildman–Crippen LogP) is 4.09. The van der Waals surface area contributed by atoms with Crippen molar-refractivity contribution in [1.29, 1.82) is 0 Å². The zero-order chi connectivity index (χ0) is 13.1. The van der Waals surface area contributed by atoms with Gasteiger partial charge in [-0.25, -0.2) is 4.98 Å². The Morgan fingerprint density at radius 2 is 2.11 bits per heavy atom. The fourth-order valence-corrected chi connectivity index (χ4v) is 2.41. The van der Waals surface area contributed by atoms with E-state index in [0.29, 0.717) is 10.9 Å². The normalized spacial score (nSPS) is 12.9. The van der Waals surface area contributed by atoms with Gasteiger partial charge in [-0.15, -0.1) is 0 Å². The van der Waals surface area contributed by atoms with E-state index in [1.807, 2.05) is 26.8 Å². The molecule has 0 amide bonds. The summed E-state index contributed by atoms with van der Waals surface area (Å²) in [5.41, 5.74) is 0. The summed E-state index contributed by atoms with van der Waals surface area (Å²) >= 11 is 7.57. The van der Waals surface area contributed by atoms with Crippen LogP contribution < -0.4 is 0 Å². The highest BCUT2D eigenvalue weighted by Crippen LogP contribution is 2.36. The highest BCUT2D eigenvalue weighted by atomic mass is 35.5. The van der Waals surface area contributed by atoms with Gasteiger partial charge >= 0.3 is 0 Å². The van der Waals surface area contributed by atoms with Gasteiger partial charge in [0.15, 0.2) is 5.82 Å². The van der Waals surface area contributed by atoms with Gasteiger partial charge in [-0.2, -0.15) is 4.98 Å². The second-order valence-corrected chi connectivity index (χ2v) is 5.93. The zero-order valence-corrected chi connectivity index (χ0v) is 12.0. The average molecular weight is 284 g/mol. The summed E-state index contributed by atoms with van der Waals surface area (Å²) in [4.78, 5) is 8.59. The van der Waals surface area contributed by atoms with Crippen molar-refractivity contribution in [2.24, 2.45) is 0 Å². The minimum absolute atomic E-state index is 0.0254. The first-order valence-electron chi connectivity index (χ1n) is 5.68. The van der Waals surface area contributed by atoms with E-state index in [-0.39, 0.29) is 11.2 Å². The number of hydrogen-bond acceptors (Lipinski definition) is 5. The lowest BCUT2D eigenvalue weighted by Crippen LogP contribution is -1.93. The Morgan fingerprint density at radius 1 is 1.33 bits per heavy atom. The molecule has 0 aliphatic rings. The van der Waals surface area contributed by atoms with Gasteiger partial charge in [0, 0.05) is 12.1 Å². The van der Waals surface area contributed by atoms with Crippen molar-refractivity contribution in [2.75, 3.05) is 0 Å². The fourth-order valence-electron chi connectivity index (χ4n) is 1.32. The Bertz CT molecular complexity index is 530. The first kappa shape index (κ1) is 13.4. The molecule has 0 bridgehead atoms. The number of rotatable bonds is 4. The minimum Gasteiger partial charge on any atom is -0.338 e. The second-order valence-electron chi connectivity index (χ2n) is 4.20. The van der Waals surface area contributed by atoms with E-state index in [4.69, 9.17) is 16.1 Å². The van der Waals surface area contributed by atoms with Gasteiger partial charge in [-0.3, -0.25) is 0 Å². The van der Waals surface area contributed by atoms with Crippen LogP contribution in [0.15, 0.2) is 27.9 Å². The highest BCUT2D eigenvalue weighted by molar-refractivity contribution is 7.99. The van der Waals surface area contributed by atoms with Gasteiger partial charge in [0.05, 0.1) is 10.3 Å². The van der Waals surface area contributed by atoms with Crippen LogP contribution in [0.4, 0.5) is 0 Å². The van der Waals surface area contributed by atoms with E-state index < -0.39 is 0 Å². The van der Waals surface area contributed by atoms with Gasteiger partial charge in [0.1, 0.15) is 5.03 Å². The van der Waals surface area contributed by atoms with E-state index in [1.54, 1.807) is 12.3 Å². The van der Waals surface area contributed by atoms with Gasteiger partial charge in [0.2, 0.25) is 5.89 Å². The molecule has 0 fully saturated rings. The van der Waals surface area contributed by atoms with Crippen LogP contribution in [-0.2, 0) is 0 Å². The van der Waals surface area contributed by atoms with Crippen molar-refractivity contribution in [3.05, 3.63) is 35.1 Å². The smallest absolute Gasteiger partial charge is 0.239 e. The Balaban J connectivity index is 2.12. The van der Waals surface area contributed by atoms with Crippen LogP contribution in [0.25, 0.3) is 0 Å². The van der Waals surface area contributed by atoms with Gasteiger partial charge in [-0.1, -0.05) is 42.4 Å². The summed E-state index contributed by atoms with van der Waals surface area (Å²) in [6, 6.07) is 3.62. The summed E-state index contributed by atoms with van der Waals surface area (Å²) in [5.74, 6) is 1.59. The molecule has 1 unspecified atom stereocenters. The predicted molar refractivity (Wildman–Crippen MR) is 71.9 cm³/mol. The molecule has 0 saturated heterocycles. The molecule has 18 heavy (non-hydrogen) atoms. The lowest BCUT2D eigenvalue weighted by atomic mass is 10.2. The molecule has 0 aliphatic carbocycles. The van der Waals surface area contributed by atoms with E-state index >= 15 is 0 Å². The first-order valence-corrected chi connectivity index (χ1v) is 6.94. The van der Waals surface area contributed by atoms with Gasteiger partial charge < -0.3 is 4.52 Å². The van der Waals surface area contributed by atoms with Crippen LogP contribution in [0.1, 0.15) is 43.7 Å². The zero-order valence-electron chi connectivity index (χ0n) is 10.4. The van der Waals surface area contributed by atoms with Crippen LogP contribution in [0, 0.1) is 0 Å². The van der Waals surface area contributed by atoms with Crippen molar-refractivity contribution in [1.82, 2.24) is 15.1 Å². The molecular formula is C12H14ClN3OS. The monoisotopic (exact) mass is 283 g/mol. The third-order valence-electron chi connectivity index (χ3n) is 2.33. The molecular weight excluding hydrogens is 270 g/mol. The Labute approximate surface area is 115 Å². The molecule has 0 N–H and O–H groups in total. The minimum atomic E-state index is 0.0254. The molecule has 1 atom stereocenters. The number of hydrogen-bond donors (Lipinski definition) is 0. The van der Waals surface area contributed by atoms with E-state index in [9.17, 15) is 0 Å². The van der Waals surface area contributed by atoms with Crippen molar-refractivity contribution >= 4 is 23.4 Å². The maximum absolute atomic E-state index is 6.06. The topological polar surface area (TPSA) is 51.8 Å². The summed E-state index contributed by atoms with van der Waals surface area (Å²) in [7, 11) is 0. The Hall–Kier alpha value is -1.07. The van der Waals surface area contributed by atoms with Gasteiger partial charge in [-0.05, 0) is 19.1 Å². The van der Waals surface area contributed by atoms with Crippen LogP contribution in [0.2, 0.25) is 5.02 Å². The molecule has 0 spiro atoms. The maximum atomic E-state index is 6.06. The van der Waals surface area contributed by atoms with E-state index in [1.165, 1.54) is 11.8 Å². The van der Waals surface area contributed by atoms with E-state index in [2.05, 4.69) is 15.1 Å². The highest BCUT2D eigenvalue weighted by Gasteiger charge is 2.18. The summed E-state index contributed by atoms with van der Waals surface area (Å²) < 4.78 is 5.25. The number of aromatic nitrogens is 3. The summed E-state index contributed by atoms with van der Waals surface area (Å²) in [6.45, 7) is 6.05. The molecule has 0 radical (unpaired) electrons. The van der Waals surface area contributed by atoms with Crippen LogP contribution in [-0.4, -0.2) is 15.1 Å². The molecule has 0 aliphatic heterocycles. The quantitative estimate of drug-likeness (QED) is 0.791. The first-order chi connectivity index (χ1) is 8.58. The number of thioether (sulfide) groups is 1. The molecule has 96 valence electrons. The summed E-state index contributed by atoms with van der Waals surface area (Å²) in [6.07, 6.45) is 1.72. The molecule has 6 heteroatoms. The van der Waals surface area contributed by atoms with Crippen LogP contribution in [0.5, 0.6) is 0 Å². The number of halogens is 1.